The molecule has 8 heteroatoms. The summed E-state index contributed by atoms with van der Waals surface area (Å²) in [5.74, 6) is -1.20. The first-order chi connectivity index (χ1) is 14.1. The van der Waals surface area contributed by atoms with E-state index in [1.807, 2.05) is 44.2 Å². The van der Waals surface area contributed by atoms with Crippen LogP contribution in [0.15, 0.2) is 30.3 Å². The Bertz CT molecular complexity index is 729. The topological polar surface area (TPSA) is 94.2 Å². The van der Waals surface area contributed by atoms with Gasteiger partial charge in [-0.15, -0.1) is 0 Å². The van der Waals surface area contributed by atoms with E-state index in [4.69, 9.17) is 14.2 Å². The number of morpholine rings is 1. The van der Waals surface area contributed by atoms with Gasteiger partial charge in [0.05, 0.1) is 13.2 Å². The summed E-state index contributed by atoms with van der Waals surface area (Å²) in [4.78, 5) is 39.4. The van der Waals surface area contributed by atoms with E-state index in [0.717, 1.165) is 5.56 Å². The van der Waals surface area contributed by atoms with Crippen LogP contribution in [0.3, 0.4) is 0 Å². The van der Waals surface area contributed by atoms with Crippen molar-refractivity contribution in [2.75, 3.05) is 19.8 Å². The number of nitrogens with one attached hydrogen (secondary N) is 1. The van der Waals surface area contributed by atoms with Gasteiger partial charge in [-0.3, -0.25) is 9.69 Å². The first-order valence-electron chi connectivity index (χ1n) is 10.2. The molecule has 1 aliphatic rings. The van der Waals surface area contributed by atoms with Crippen LogP contribution in [-0.4, -0.2) is 60.3 Å². The fraction of sp³-hybridized carbons (Fsp3) is 0.591. The predicted molar refractivity (Wildman–Crippen MR) is 111 cm³/mol. The third-order valence-electron chi connectivity index (χ3n) is 4.50. The third kappa shape index (κ3) is 7.02. The number of carbonyl (C=O) groups excluding carboxylic acids is 3. The summed E-state index contributed by atoms with van der Waals surface area (Å²) in [6.07, 6.45) is -0.585. The number of hydrogen-bond donors (Lipinski definition) is 1. The highest BCUT2D eigenvalue weighted by atomic mass is 16.6. The van der Waals surface area contributed by atoms with Gasteiger partial charge in [0, 0.05) is 6.54 Å². The van der Waals surface area contributed by atoms with Crippen molar-refractivity contribution < 1.29 is 28.6 Å². The molecule has 2 unspecified atom stereocenters. The summed E-state index contributed by atoms with van der Waals surface area (Å²) >= 11 is 0. The van der Waals surface area contributed by atoms with E-state index in [9.17, 15) is 14.4 Å². The predicted octanol–water partition coefficient (Wildman–Crippen LogP) is 2.51. The van der Waals surface area contributed by atoms with Crippen molar-refractivity contribution in [3.63, 3.8) is 0 Å². The molecular weight excluding hydrogens is 388 g/mol. The van der Waals surface area contributed by atoms with Crippen molar-refractivity contribution >= 4 is 18.0 Å². The molecule has 1 heterocycles. The van der Waals surface area contributed by atoms with Gasteiger partial charge >= 0.3 is 12.1 Å². The Morgan fingerprint density at radius 2 is 1.87 bits per heavy atom. The zero-order valence-electron chi connectivity index (χ0n) is 18.3. The number of nitrogens with zero attached hydrogens (tertiary/aromatic N) is 1. The van der Waals surface area contributed by atoms with Crippen molar-refractivity contribution in [2.24, 2.45) is 5.92 Å². The second-order valence-corrected chi connectivity index (χ2v) is 8.59. The number of carbonyl (C=O) groups is 3. The van der Waals surface area contributed by atoms with E-state index in [1.165, 1.54) is 4.90 Å². The normalized spacial score (nSPS) is 17.9. The average Bonchev–Trinajstić information content (AvgIpc) is 2.69. The molecular formula is C22H32N2O6. The highest BCUT2D eigenvalue weighted by molar-refractivity contribution is 5.90. The zero-order valence-corrected chi connectivity index (χ0v) is 18.3. The van der Waals surface area contributed by atoms with Gasteiger partial charge in [-0.1, -0.05) is 44.2 Å². The lowest BCUT2D eigenvalue weighted by Crippen LogP contribution is -2.59. The van der Waals surface area contributed by atoms with Gasteiger partial charge in [-0.2, -0.15) is 0 Å². The lowest BCUT2D eigenvalue weighted by molar-refractivity contribution is -0.151. The molecule has 1 aliphatic heterocycles. The quantitative estimate of drug-likeness (QED) is 0.711. The van der Waals surface area contributed by atoms with Crippen LogP contribution in [0, 0.1) is 5.92 Å². The van der Waals surface area contributed by atoms with Crippen LogP contribution in [0.2, 0.25) is 0 Å². The van der Waals surface area contributed by atoms with Crippen LogP contribution >= 0.6 is 0 Å². The molecule has 0 saturated carbocycles. The largest absolute Gasteiger partial charge is 0.459 e. The molecule has 0 radical (unpaired) electrons. The minimum atomic E-state index is -0.878. The molecule has 2 amide bonds. The molecule has 1 saturated heterocycles. The highest BCUT2D eigenvalue weighted by Gasteiger charge is 2.37. The SMILES string of the molecule is CC(C)C(NC(=O)C1COCCN1C(=O)OC(C)(C)C)C(=O)OCc1ccccc1. The van der Waals surface area contributed by atoms with Gasteiger partial charge < -0.3 is 19.5 Å². The van der Waals surface area contributed by atoms with Crippen LogP contribution in [0.25, 0.3) is 0 Å². The lowest BCUT2D eigenvalue weighted by Gasteiger charge is -2.36. The van der Waals surface area contributed by atoms with Crippen molar-refractivity contribution in [1.82, 2.24) is 10.2 Å². The molecule has 0 aromatic heterocycles. The number of ether oxygens (including phenoxy) is 3. The summed E-state index contributed by atoms with van der Waals surface area (Å²) in [5.41, 5.74) is 0.175. The molecule has 30 heavy (non-hydrogen) atoms. The molecule has 1 aromatic rings. The standard InChI is InChI=1S/C22H32N2O6/c1-15(2)18(20(26)29-13-16-9-7-6-8-10-16)23-19(25)17-14-28-12-11-24(17)21(27)30-22(3,4)5/h6-10,15,17-18H,11-14H2,1-5H3,(H,23,25). The van der Waals surface area contributed by atoms with Gasteiger partial charge in [0.2, 0.25) is 5.91 Å². The van der Waals surface area contributed by atoms with Crippen LogP contribution in [0.4, 0.5) is 4.79 Å². The Labute approximate surface area is 177 Å². The van der Waals surface area contributed by atoms with E-state index in [-0.39, 0.29) is 25.7 Å². The smallest absolute Gasteiger partial charge is 0.411 e. The Hall–Kier alpha value is -2.61. The van der Waals surface area contributed by atoms with Crippen molar-refractivity contribution in [3.8, 4) is 0 Å². The van der Waals surface area contributed by atoms with Crippen molar-refractivity contribution in [3.05, 3.63) is 35.9 Å². The van der Waals surface area contributed by atoms with E-state index < -0.39 is 35.7 Å². The number of rotatable bonds is 6. The van der Waals surface area contributed by atoms with E-state index >= 15 is 0 Å². The molecule has 0 bridgehead atoms. The number of benzene rings is 1. The molecule has 8 nitrogen and oxygen atoms in total. The van der Waals surface area contributed by atoms with Gasteiger partial charge in [0.15, 0.2) is 0 Å². The van der Waals surface area contributed by atoms with E-state index in [0.29, 0.717) is 6.61 Å². The number of amides is 2. The number of hydrogen-bond acceptors (Lipinski definition) is 6. The molecule has 1 aromatic carbocycles. The average molecular weight is 421 g/mol. The summed E-state index contributed by atoms with van der Waals surface area (Å²) < 4.78 is 16.2. The maximum Gasteiger partial charge on any atom is 0.411 e. The third-order valence-corrected chi connectivity index (χ3v) is 4.50. The van der Waals surface area contributed by atoms with Crippen molar-refractivity contribution in [2.45, 2.75) is 58.9 Å². The summed E-state index contributed by atoms with van der Waals surface area (Å²) in [5, 5.41) is 2.73. The fourth-order valence-electron chi connectivity index (χ4n) is 2.93. The Balaban J connectivity index is 2.02. The van der Waals surface area contributed by atoms with E-state index in [2.05, 4.69) is 5.32 Å². The zero-order chi connectivity index (χ0) is 22.3. The van der Waals surface area contributed by atoms with Gasteiger partial charge in [-0.25, -0.2) is 9.59 Å². The highest BCUT2D eigenvalue weighted by Crippen LogP contribution is 2.16. The first-order valence-corrected chi connectivity index (χ1v) is 10.2. The number of esters is 1. The molecule has 0 aliphatic carbocycles. The molecule has 166 valence electrons. The van der Waals surface area contributed by atoms with Crippen LogP contribution < -0.4 is 5.32 Å². The maximum atomic E-state index is 12.9. The minimum Gasteiger partial charge on any atom is -0.459 e. The fourth-order valence-corrected chi connectivity index (χ4v) is 2.93. The second-order valence-electron chi connectivity index (χ2n) is 8.59. The molecule has 2 atom stereocenters. The lowest BCUT2D eigenvalue weighted by atomic mass is 10.0. The summed E-state index contributed by atoms with van der Waals surface area (Å²) in [7, 11) is 0. The summed E-state index contributed by atoms with van der Waals surface area (Å²) in [6.45, 7) is 9.63. The summed E-state index contributed by atoms with van der Waals surface area (Å²) in [6, 6.07) is 7.59. The van der Waals surface area contributed by atoms with Crippen LogP contribution in [0.1, 0.15) is 40.2 Å². The van der Waals surface area contributed by atoms with Gasteiger partial charge in [-0.05, 0) is 32.3 Å². The monoisotopic (exact) mass is 420 g/mol. The Morgan fingerprint density at radius 3 is 2.47 bits per heavy atom. The first kappa shape index (κ1) is 23.7. The van der Waals surface area contributed by atoms with Crippen LogP contribution in [-0.2, 0) is 30.4 Å². The minimum absolute atomic E-state index is 0.0367. The van der Waals surface area contributed by atoms with Crippen molar-refractivity contribution in [1.29, 1.82) is 0 Å². The molecule has 1 fully saturated rings. The maximum absolute atomic E-state index is 12.9. The Kier molecular flexibility index (Phi) is 8.23. The second kappa shape index (κ2) is 10.4. The van der Waals surface area contributed by atoms with Gasteiger partial charge in [0.25, 0.3) is 0 Å². The Morgan fingerprint density at radius 1 is 1.20 bits per heavy atom. The van der Waals surface area contributed by atoms with E-state index in [1.54, 1.807) is 20.8 Å². The van der Waals surface area contributed by atoms with Crippen LogP contribution in [0.5, 0.6) is 0 Å². The van der Waals surface area contributed by atoms with Gasteiger partial charge in [0.1, 0.15) is 24.3 Å². The molecule has 1 N–H and O–H groups in total. The molecule has 2 rings (SSSR count). The molecule has 0 spiro atoms.